The van der Waals surface area contributed by atoms with E-state index in [-0.39, 0.29) is 5.09 Å². The highest BCUT2D eigenvalue weighted by atomic mass is 32.2. The van der Waals surface area contributed by atoms with Gasteiger partial charge in [0.05, 0.1) is 5.69 Å². The van der Waals surface area contributed by atoms with Crippen molar-refractivity contribution in [2.24, 2.45) is 0 Å². The van der Waals surface area contributed by atoms with E-state index < -0.39 is 9.84 Å². The van der Waals surface area contributed by atoms with Gasteiger partial charge in [-0.15, -0.1) is 0 Å². The number of nitrogens with zero attached hydrogens (tertiary/aromatic N) is 1. The van der Waals surface area contributed by atoms with Crippen molar-refractivity contribution >= 4 is 9.84 Å². The Labute approximate surface area is 70.5 Å². The van der Waals surface area contributed by atoms with E-state index >= 15 is 0 Å². The molecule has 1 aromatic heterocycles. The molecule has 5 heteroatoms. The van der Waals surface area contributed by atoms with E-state index in [1.54, 1.807) is 0 Å². The topological polar surface area (TPSA) is 60.2 Å². The van der Waals surface area contributed by atoms with Gasteiger partial charge < -0.3 is 4.52 Å². The summed E-state index contributed by atoms with van der Waals surface area (Å²) < 4.78 is 27.0. The zero-order valence-electron chi connectivity index (χ0n) is 6.70. The molecule has 0 N–H and O–H groups in total. The van der Waals surface area contributed by atoms with E-state index in [0.717, 1.165) is 36.8 Å². The lowest BCUT2D eigenvalue weighted by molar-refractivity contribution is 0.330. The molecule has 1 aromatic rings. The van der Waals surface area contributed by atoms with Crippen molar-refractivity contribution in [3.05, 3.63) is 11.3 Å². The summed E-state index contributed by atoms with van der Waals surface area (Å²) in [4.78, 5) is 0. The van der Waals surface area contributed by atoms with Crippen LogP contribution in [0.4, 0.5) is 0 Å². The minimum Gasteiger partial charge on any atom is -0.344 e. The molecule has 1 heterocycles. The number of hydrogen-bond acceptors (Lipinski definition) is 4. The Kier molecular flexibility index (Phi) is 1.51. The first kappa shape index (κ1) is 7.79. The van der Waals surface area contributed by atoms with Crippen molar-refractivity contribution in [2.45, 2.75) is 24.4 Å². The number of sulfone groups is 1. The van der Waals surface area contributed by atoms with E-state index in [1.807, 2.05) is 0 Å². The summed E-state index contributed by atoms with van der Waals surface area (Å²) in [5.41, 5.74) is 1.60. The first-order chi connectivity index (χ1) is 5.59. The van der Waals surface area contributed by atoms with Crippen LogP contribution in [-0.4, -0.2) is 19.8 Å². The molecule has 0 bridgehead atoms. The van der Waals surface area contributed by atoms with Gasteiger partial charge in [0.25, 0.3) is 5.09 Å². The molecule has 12 heavy (non-hydrogen) atoms. The van der Waals surface area contributed by atoms with Crippen LogP contribution in [0.5, 0.6) is 0 Å². The molecule has 0 aliphatic heterocycles. The van der Waals surface area contributed by atoms with Gasteiger partial charge in [0.1, 0.15) is 0 Å². The van der Waals surface area contributed by atoms with Crippen LogP contribution in [0, 0.1) is 0 Å². The number of fused-ring (bicyclic) bond motifs is 1. The van der Waals surface area contributed by atoms with E-state index in [0.29, 0.717) is 0 Å². The third kappa shape index (κ3) is 1.04. The fourth-order valence-electron chi connectivity index (χ4n) is 1.49. The Morgan fingerprint density at radius 2 is 2.17 bits per heavy atom. The first-order valence-electron chi connectivity index (χ1n) is 3.76. The van der Waals surface area contributed by atoms with Crippen LogP contribution in [-0.2, 0) is 22.7 Å². The summed E-state index contributed by atoms with van der Waals surface area (Å²) in [5, 5.41) is 3.77. The molecule has 4 nitrogen and oxygen atoms in total. The number of rotatable bonds is 1. The highest BCUT2D eigenvalue weighted by Crippen LogP contribution is 2.27. The lowest BCUT2D eigenvalue weighted by Crippen LogP contribution is -1.98. The minimum atomic E-state index is -3.21. The average Bonchev–Trinajstić information content (AvgIpc) is 2.37. The Morgan fingerprint density at radius 3 is 2.83 bits per heavy atom. The van der Waals surface area contributed by atoms with Crippen LogP contribution in [0.15, 0.2) is 9.62 Å². The predicted molar refractivity (Wildman–Crippen MR) is 41.6 cm³/mol. The van der Waals surface area contributed by atoms with Gasteiger partial charge in [0, 0.05) is 11.8 Å². The summed E-state index contributed by atoms with van der Waals surface area (Å²) in [6.07, 6.45) is 3.75. The highest BCUT2D eigenvalue weighted by molar-refractivity contribution is 7.90. The van der Waals surface area contributed by atoms with Crippen molar-refractivity contribution in [2.75, 3.05) is 6.26 Å². The Balaban J connectivity index is 2.61. The number of aromatic nitrogens is 1. The van der Waals surface area contributed by atoms with Gasteiger partial charge in [-0.1, -0.05) is 5.16 Å². The van der Waals surface area contributed by atoms with Gasteiger partial charge in [-0.2, -0.15) is 0 Å². The molecule has 0 aromatic carbocycles. The van der Waals surface area contributed by atoms with Crippen LogP contribution in [0.2, 0.25) is 0 Å². The fourth-order valence-corrected chi connectivity index (χ4v) is 2.33. The minimum absolute atomic E-state index is 0.0648. The number of hydrogen-bond donors (Lipinski definition) is 0. The zero-order chi connectivity index (χ0) is 8.77. The highest BCUT2D eigenvalue weighted by Gasteiger charge is 2.26. The molecule has 0 spiro atoms. The van der Waals surface area contributed by atoms with E-state index in [1.165, 1.54) is 0 Å². The van der Waals surface area contributed by atoms with E-state index in [4.69, 9.17) is 4.52 Å². The molecule has 0 radical (unpaired) electrons. The van der Waals surface area contributed by atoms with Crippen molar-refractivity contribution in [1.82, 2.24) is 5.16 Å². The SMILES string of the molecule is CS(=O)(=O)c1onc2c1CCC2. The first-order valence-corrected chi connectivity index (χ1v) is 5.65. The molecule has 1 aliphatic carbocycles. The van der Waals surface area contributed by atoms with Gasteiger partial charge in [0.2, 0.25) is 9.84 Å². The molecule has 0 saturated heterocycles. The van der Waals surface area contributed by atoms with Crippen LogP contribution < -0.4 is 0 Å². The maximum Gasteiger partial charge on any atom is 0.253 e. The van der Waals surface area contributed by atoms with Crippen LogP contribution in [0.3, 0.4) is 0 Å². The van der Waals surface area contributed by atoms with Crippen LogP contribution in [0.25, 0.3) is 0 Å². The van der Waals surface area contributed by atoms with E-state index in [2.05, 4.69) is 5.16 Å². The molecule has 0 unspecified atom stereocenters. The summed E-state index contributed by atoms with van der Waals surface area (Å²) in [6.45, 7) is 0. The van der Waals surface area contributed by atoms with Crippen molar-refractivity contribution < 1.29 is 12.9 Å². The van der Waals surface area contributed by atoms with Gasteiger partial charge >= 0.3 is 0 Å². The second kappa shape index (κ2) is 2.32. The second-order valence-corrected chi connectivity index (χ2v) is 4.94. The number of aryl methyl sites for hydroxylation is 1. The van der Waals surface area contributed by atoms with Gasteiger partial charge in [-0.05, 0) is 19.3 Å². The molecular formula is C7H9NO3S. The Hall–Kier alpha value is -0.840. The molecule has 1 aliphatic rings. The van der Waals surface area contributed by atoms with Gasteiger partial charge in [0.15, 0.2) is 0 Å². The predicted octanol–water partition coefficient (Wildman–Crippen LogP) is 0.567. The maximum atomic E-state index is 11.1. The van der Waals surface area contributed by atoms with Gasteiger partial charge in [-0.25, -0.2) is 8.42 Å². The average molecular weight is 187 g/mol. The Bertz CT molecular complexity index is 404. The normalized spacial score (nSPS) is 16.4. The molecular weight excluding hydrogens is 178 g/mol. The molecule has 0 saturated carbocycles. The van der Waals surface area contributed by atoms with Crippen molar-refractivity contribution in [3.63, 3.8) is 0 Å². The lowest BCUT2D eigenvalue weighted by atomic mass is 10.3. The Morgan fingerprint density at radius 1 is 1.42 bits per heavy atom. The summed E-state index contributed by atoms with van der Waals surface area (Å²) in [6, 6.07) is 0. The molecule has 0 amide bonds. The summed E-state index contributed by atoms with van der Waals surface area (Å²) >= 11 is 0. The third-order valence-corrected chi connectivity index (χ3v) is 3.01. The standard InChI is InChI=1S/C7H9NO3S/c1-12(9,10)7-5-3-2-4-6(5)8-11-7/h2-4H2,1H3. The van der Waals surface area contributed by atoms with Crippen LogP contribution >= 0.6 is 0 Å². The zero-order valence-corrected chi connectivity index (χ0v) is 7.52. The fraction of sp³-hybridized carbons (Fsp3) is 0.571. The third-order valence-electron chi connectivity index (χ3n) is 2.01. The van der Waals surface area contributed by atoms with Crippen LogP contribution in [0.1, 0.15) is 17.7 Å². The molecule has 2 rings (SSSR count). The van der Waals surface area contributed by atoms with Crippen molar-refractivity contribution in [1.29, 1.82) is 0 Å². The van der Waals surface area contributed by atoms with Crippen molar-refractivity contribution in [3.8, 4) is 0 Å². The summed E-state index contributed by atoms with van der Waals surface area (Å²) in [7, 11) is -3.21. The second-order valence-electron chi connectivity index (χ2n) is 3.02. The monoisotopic (exact) mass is 187 g/mol. The summed E-state index contributed by atoms with van der Waals surface area (Å²) in [5.74, 6) is 0. The smallest absolute Gasteiger partial charge is 0.253 e. The quantitative estimate of drug-likeness (QED) is 0.644. The van der Waals surface area contributed by atoms with E-state index in [9.17, 15) is 8.42 Å². The molecule has 66 valence electrons. The maximum absolute atomic E-state index is 11.1. The molecule has 0 fully saturated rings. The lowest BCUT2D eigenvalue weighted by Gasteiger charge is -1.91. The van der Waals surface area contributed by atoms with Gasteiger partial charge in [-0.3, -0.25) is 0 Å². The largest absolute Gasteiger partial charge is 0.344 e. The molecule has 0 atom stereocenters.